The molecule has 3 heteroatoms. The maximum atomic E-state index is 14.2. The molecule has 2 rings (SSSR count). The molecule has 1 saturated carbocycles. The number of rotatable bonds is 5. The van der Waals surface area contributed by atoms with Crippen molar-refractivity contribution in [1.82, 2.24) is 5.32 Å². The Bertz CT molecular complexity index is 431. The number of hydrogen-bond acceptors (Lipinski definition) is 1. The molecule has 0 heterocycles. The fraction of sp³-hybridized carbons (Fsp3) is 0.600. The van der Waals surface area contributed by atoms with E-state index in [1.807, 2.05) is 0 Å². The van der Waals surface area contributed by atoms with Crippen LogP contribution in [0, 0.1) is 30.4 Å². The van der Waals surface area contributed by atoms with Crippen LogP contribution in [0.2, 0.25) is 0 Å². The molecule has 0 saturated heterocycles. The highest BCUT2D eigenvalue weighted by atomic mass is 19.1. The van der Waals surface area contributed by atoms with Gasteiger partial charge in [-0.25, -0.2) is 8.78 Å². The quantitative estimate of drug-likeness (QED) is 0.837. The first-order chi connectivity index (χ1) is 8.56. The van der Waals surface area contributed by atoms with Gasteiger partial charge in [0.1, 0.15) is 11.6 Å². The van der Waals surface area contributed by atoms with Crippen LogP contribution in [-0.2, 0) is 0 Å². The van der Waals surface area contributed by atoms with Crippen molar-refractivity contribution in [3.8, 4) is 0 Å². The summed E-state index contributed by atoms with van der Waals surface area (Å²) in [5.41, 5.74) is 0.751. The summed E-state index contributed by atoms with van der Waals surface area (Å²) in [6.07, 6.45) is 2.01. The molecule has 1 aliphatic carbocycles. The van der Waals surface area contributed by atoms with Gasteiger partial charge in [-0.2, -0.15) is 0 Å². The normalized spacial score (nSPS) is 24.1. The Kier molecular flexibility index (Phi) is 4.00. The van der Waals surface area contributed by atoms with Crippen molar-refractivity contribution in [2.24, 2.45) is 11.8 Å². The molecule has 0 spiro atoms. The maximum Gasteiger partial charge on any atom is 0.133 e. The minimum Gasteiger partial charge on any atom is -0.310 e. The number of nitrogens with one attached hydrogen (secondary N) is 1. The van der Waals surface area contributed by atoms with E-state index < -0.39 is 5.82 Å². The van der Waals surface area contributed by atoms with Crippen LogP contribution < -0.4 is 5.32 Å². The zero-order chi connectivity index (χ0) is 13.3. The van der Waals surface area contributed by atoms with Crippen molar-refractivity contribution in [3.63, 3.8) is 0 Å². The van der Waals surface area contributed by atoms with Crippen molar-refractivity contribution >= 4 is 0 Å². The summed E-state index contributed by atoms with van der Waals surface area (Å²) in [7, 11) is 0. The summed E-state index contributed by atoms with van der Waals surface area (Å²) in [5, 5.41) is 3.31. The van der Waals surface area contributed by atoms with E-state index in [1.54, 1.807) is 6.92 Å². The SMILES string of the molecule is CCCNC(c1c(F)ccc(C)c1F)C1CC1C. The Balaban J connectivity index is 2.32. The molecule has 100 valence electrons. The van der Waals surface area contributed by atoms with Crippen LogP contribution in [0.15, 0.2) is 12.1 Å². The van der Waals surface area contributed by atoms with Crippen LogP contribution in [0.5, 0.6) is 0 Å². The molecule has 1 N–H and O–H groups in total. The van der Waals surface area contributed by atoms with E-state index in [-0.39, 0.29) is 17.4 Å². The minimum absolute atomic E-state index is 0.181. The van der Waals surface area contributed by atoms with Crippen LogP contribution in [0.4, 0.5) is 8.78 Å². The predicted octanol–water partition coefficient (Wildman–Crippen LogP) is 3.97. The maximum absolute atomic E-state index is 14.2. The van der Waals surface area contributed by atoms with Gasteiger partial charge in [0.05, 0.1) is 0 Å². The van der Waals surface area contributed by atoms with Crippen molar-refractivity contribution in [1.29, 1.82) is 0 Å². The molecule has 18 heavy (non-hydrogen) atoms. The van der Waals surface area contributed by atoms with Gasteiger partial charge in [0.15, 0.2) is 0 Å². The van der Waals surface area contributed by atoms with Gasteiger partial charge in [-0.1, -0.05) is 19.9 Å². The topological polar surface area (TPSA) is 12.0 Å². The second kappa shape index (κ2) is 5.35. The molecule has 0 aromatic heterocycles. The monoisotopic (exact) mass is 253 g/mol. The highest BCUT2D eigenvalue weighted by molar-refractivity contribution is 5.30. The first-order valence-corrected chi connectivity index (χ1v) is 6.74. The Hall–Kier alpha value is -0.960. The Morgan fingerprint density at radius 3 is 2.61 bits per heavy atom. The van der Waals surface area contributed by atoms with Gasteiger partial charge in [-0.05, 0) is 49.8 Å². The third kappa shape index (κ3) is 2.56. The van der Waals surface area contributed by atoms with Gasteiger partial charge in [0, 0.05) is 11.6 Å². The lowest BCUT2D eigenvalue weighted by atomic mass is 9.97. The molecule has 3 atom stereocenters. The van der Waals surface area contributed by atoms with Gasteiger partial charge in [-0.3, -0.25) is 0 Å². The Morgan fingerprint density at radius 1 is 1.39 bits per heavy atom. The van der Waals surface area contributed by atoms with E-state index in [0.29, 0.717) is 17.4 Å². The Morgan fingerprint density at radius 2 is 2.06 bits per heavy atom. The van der Waals surface area contributed by atoms with Gasteiger partial charge < -0.3 is 5.32 Å². The number of hydrogen-bond donors (Lipinski definition) is 1. The summed E-state index contributed by atoms with van der Waals surface area (Å²) in [5.74, 6) is 0.106. The van der Waals surface area contributed by atoms with Gasteiger partial charge >= 0.3 is 0 Å². The predicted molar refractivity (Wildman–Crippen MR) is 69.4 cm³/mol. The van der Waals surface area contributed by atoms with Crippen LogP contribution >= 0.6 is 0 Å². The summed E-state index contributed by atoms with van der Waals surface area (Å²) < 4.78 is 28.1. The molecular weight excluding hydrogens is 232 g/mol. The molecule has 0 radical (unpaired) electrons. The lowest BCUT2D eigenvalue weighted by Gasteiger charge is -2.21. The second-order valence-corrected chi connectivity index (χ2v) is 5.40. The number of aryl methyl sites for hydroxylation is 1. The largest absolute Gasteiger partial charge is 0.310 e. The summed E-state index contributed by atoms with van der Waals surface area (Å²) in [4.78, 5) is 0. The van der Waals surface area contributed by atoms with E-state index in [0.717, 1.165) is 19.4 Å². The standard InChI is InChI=1S/C15H21F2N/c1-4-7-18-15(11-8-10(11)3)13-12(16)6-5-9(2)14(13)17/h5-6,10-11,15,18H,4,7-8H2,1-3H3. The lowest BCUT2D eigenvalue weighted by Crippen LogP contribution is -2.26. The molecule has 1 aliphatic rings. The summed E-state index contributed by atoms with van der Waals surface area (Å²) >= 11 is 0. The molecule has 1 aromatic carbocycles. The summed E-state index contributed by atoms with van der Waals surface area (Å²) in [6.45, 7) is 6.67. The molecule has 0 aliphatic heterocycles. The zero-order valence-electron chi connectivity index (χ0n) is 11.3. The third-order valence-corrected chi connectivity index (χ3v) is 3.84. The van der Waals surface area contributed by atoms with E-state index in [2.05, 4.69) is 19.2 Å². The molecular formula is C15H21F2N. The van der Waals surface area contributed by atoms with Crippen LogP contribution in [0.3, 0.4) is 0 Å². The lowest BCUT2D eigenvalue weighted by molar-refractivity contribution is 0.418. The zero-order valence-corrected chi connectivity index (χ0v) is 11.3. The highest BCUT2D eigenvalue weighted by Crippen LogP contribution is 2.48. The molecule has 1 nitrogen and oxygen atoms in total. The van der Waals surface area contributed by atoms with Gasteiger partial charge in [-0.15, -0.1) is 0 Å². The van der Waals surface area contributed by atoms with E-state index in [4.69, 9.17) is 0 Å². The Labute approximate surface area is 108 Å². The average molecular weight is 253 g/mol. The molecule has 1 fully saturated rings. The molecule has 0 amide bonds. The van der Waals surface area contributed by atoms with Crippen LogP contribution in [0.1, 0.15) is 43.9 Å². The van der Waals surface area contributed by atoms with Crippen molar-refractivity contribution in [2.75, 3.05) is 6.54 Å². The highest BCUT2D eigenvalue weighted by Gasteiger charge is 2.42. The van der Waals surface area contributed by atoms with Crippen LogP contribution in [-0.4, -0.2) is 6.54 Å². The van der Waals surface area contributed by atoms with Crippen LogP contribution in [0.25, 0.3) is 0 Å². The fourth-order valence-corrected chi connectivity index (χ4v) is 2.55. The number of benzene rings is 1. The van der Waals surface area contributed by atoms with E-state index in [1.165, 1.54) is 12.1 Å². The van der Waals surface area contributed by atoms with Gasteiger partial charge in [0.2, 0.25) is 0 Å². The minimum atomic E-state index is -0.425. The van der Waals surface area contributed by atoms with E-state index >= 15 is 0 Å². The van der Waals surface area contributed by atoms with Crippen molar-refractivity contribution < 1.29 is 8.78 Å². The van der Waals surface area contributed by atoms with Crippen molar-refractivity contribution in [2.45, 2.75) is 39.7 Å². The molecule has 1 aromatic rings. The first-order valence-electron chi connectivity index (χ1n) is 6.74. The van der Waals surface area contributed by atoms with Gasteiger partial charge in [0.25, 0.3) is 0 Å². The fourth-order valence-electron chi connectivity index (χ4n) is 2.55. The summed E-state index contributed by atoms with van der Waals surface area (Å²) in [6, 6.07) is 2.70. The van der Waals surface area contributed by atoms with E-state index in [9.17, 15) is 8.78 Å². The molecule has 0 bridgehead atoms. The second-order valence-electron chi connectivity index (χ2n) is 5.40. The molecule has 3 unspecified atom stereocenters. The third-order valence-electron chi connectivity index (χ3n) is 3.84. The smallest absolute Gasteiger partial charge is 0.133 e. The van der Waals surface area contributed by atoms with Crippen molar-refractivity contribution in [3.05, 3.63) is 34.9 Å². The number of halogens is 2. The first kappa shape index (κ1) is 13.5. The average Bonchev–Trinajstić information content (AvgIpc) is 3.05.